The molecule has 1 atom stereocenters. The molecule has 15 heteroatoms. The number of H-pyrrole nitrogens is 1. The Morgan fingerprint density at radius 3 is 2.18 bits per heavy atom. The van der Waals surface area contributed by atoms with Gasteiger partial charge in [-0.05, 0) is 88.2 Å². The number of nitrogens with one attached hydrogen (secondary N) is 1. The number of carbonyl (C=O) groups excluding carboxylic acids is 2. The molecule has 6 rings (SSSR count). The van der Waals surface area contributed by atoms with E-state index in [0.29, 0.717) is 43.6 Å². The van der Waals surface area contributed by atoms with E-state index in [4.69, 9.17) is 22.1 Å². The summed E-state index contributed by atoms with van der Waals surface area (Å²) in [5.41, 5.74) is 4.44. The van der Waals surface area contributed by atoms with Crippen molar-refractivity contribution in [2.45, 2.75) is 63.3 Å². The number of hydrogen-bond acceptors (Lipinski definition) is 7. The summed E-state index contributed by atoms with van der Waals surface area (Å²) in [7, 11) is 2.12. The largest absolute Gasteiger partial charge is 0.436 e. The molecule has 3 aromatic rings. The molecule has 3 aliphatic heterocycles. The monoisotopic (exact) mass is 717 g/mol. The van der Waals surface area contributed by atoms with Crippen LogP contribution < -0.4 is 11.4 Å². The van der Waals surface area contributed by atoms with Gasteiger partial charge in [0.05, 0.1) is 22.3 Å². The predicted molar refractivity (Wildman–Crippen MR) is 182 cm³/mol. The van der Waals surface area contributed by atoms with E-state index in [1.54, 1.807) is 4.90 Å². The van der Waals surface area contributed by atoms with Gasteiger partial charge in [0.25, 0.3) is 5.91 Å². The second-order valence-corrected chi connectivity index (χ2v) is 14.1. The lowest BCUT2D eigenvalue weighted by Crippen LogP contribution is -2.49. The third-order valence-electron chi connectivity index (χ3n) is 10.5. The summed E-state index contributed by atoms with van der Waals surface area (Å²) in [6.45, 7) is 3.53. The number of benzene rings is 2. The Bertz CT molecular complexity index is 1710. The van der Waals surface area contributed by atoms with Crippen molar-refractivity contribution in [2.75, 3.05) is 52.0 Å². The molecule has 50 heavy (non-hydrogen) atoms. The summed E-state index contributed by atoms with van der Waals surface area (Å²) in [4.78, 5) is 48.5. The predicted octanol–water partition coefficient (Wildman–Crippen LogP) is 5.46. The quantitative estimate of drug-likeness (QED) is 0.311. The van der Waals surface area contributed by atoms with Crippen molar-refractivity contribution in [1.29, 1.82) is 0 Å². The molecular weight excluding hydrogens is 675 g/mol. The van der Waals surface area contributed by atoms with Crippen LogP contribution in [-0.4, -0.2) is 93.9 Å². The Morgan fingerprint density at radius 1 is 0.960 bits per heavy atom. The van der Waals surface area contributed by atoms with Crippen molar-refractivity contribution < 1.29 is 27.5 Å². The maximum absolute atomic E-state index is 14.0. The fourth-order valence-corrected chi connectivity index (χ4v) is 7.76. The first-order valence-electron chi connectivity index (χ1n) is 17.2. The zero-order valence-electron chi connectivity index (χ0n) is 28.0. The number of ether oxygens (including phenoxy) is 1. The summed E-state index contributed by atoms with van der Waals surface area (Å²) >= 11 is 6.10. The SMILES string of the molecule is CN1CCC(C2CCN(C(=O)[C@@H](Cc3cc(Cl)c(N)c(C(F)(F)F)c3)OC(=O)N3CCC(n4nc(-c5ccccc5)[nH]c4=O)CC3)CC2)CC1. The first-order valence-corrected chi connectivity index (χ1v) is 17.6. The molecule has 3 fully saturated rings. The summed E-state index contributed by atoms with van der Waals surface area (Å²) in [6.07, 6.45) is -2.48. The molecule has 0 radical (unpaired) electrons. The highest BCUT2D eigenvalue weighted by Crippen LogP contribution is 2.38. The van der Waals surface area contributed by atoms with Crippen molar-refractivity contribution in [3.05, 3.63) is 69.1 Å². The van der Waals surface area contributed by atoms with Gasteiger partial charge in [-0.15, -0.1) is 5.10 Å². The number of piperidine rings is 3. The normalized spacial score (nSPS) is 19.5. The van der Waals surface area contributed by atoms with Gasteiger partial charge in [0.15, 0.2) is 11.9 Å². The van der Waals surface area contributed by atoms with Crippen LogP contribution in [0.1, 0.15) is 55.7 Å². The summed E-state index contributed by atoms with van der Waals surface area (Å²) in [6, 6.07) is 11.1. The summed E-state index contributed by atoms with van der Waals surface area (Å²) < 4.78 is 48.6. The minimum Gasteiger partial charge on any atom is -0.436 e. The molecule has 3 N–H and O–H groups in total. The number of amides is 2. The molecule has 0 unspecified atom stereocenters. The van der Waals surface area contributed by atoms with Crippen LogP contribution in [0.4, 0.5) is 23.7 Å². The second kappa shape index (κ2) is 15.1. The molecule has 0 saturated carbocycles. The fourth-order valence-electron chi connectivity index (χ4n) is 7.51. The molecule has 2 amide bonds. The number of anilines is 1. The van der Waals surface area contributed by atoms with E-state index in [0.717, 1.165) is 50.4 Å². The van der Waals surface area contributed by atoms with Crippen LogP contribution in [0.2, 0.25) is 5.02 Å². The van der Waals surface area contributed by atoms with Crippen LogP contribution in [0.25, 0.3) is 11.4 Å². The number of alkyl halides is 3. The summed E-state index contributed by atoms with van der Waals surface area (Å²) in [5, 5.41) is 4.19. The highest BCUT2D eigenvalue weighted by atomic mass is 35.5. The van der Waals surface area contributed by atoms with Crippen molar-refractivity contribution >= 4 is 29.3 Å². The zero-order chi connectivity index (χ0) is 35.6. The Labute approximate surface area is 293 Å². The minimum atomic E-state index is -4.77. The minimum absolute atomic E-state index is 0.0784. The van der Waals surface area contributed by atoms with E-state index >= 15 is 0 Å². The van der Waals surface area contributed by atoms with Gasteiger partial charge < -0.3 is 25.2 Å². The van der Waals surface area contributed by atoms with E-state index in [9.17, 15) is 27.6 Å². The molecule has 3 aliphatic rings. The number of halogens is 4. The lowest BCUT2D eigenvalue weighted by Gasteiger charge is -2.40. The van der Waals surface area contributed by atoms with Gasteiger partial charge in [-0.2, -0.15) is 13.2 Å². The van der Waals surface area contributed by atoms with E-state index in [1.807, 2.05) is 30.3 Å². The van der Waals surface area contributed by atoms with Gasteiger partial charge in [-0.1, -0.05) is 41.9 Å². The molecule has 4 heterocycles. The standard InChI is InChI=1S/C35H43ClF3N7O4/c1-43-13-7-23(8-14-43)24-9-15-44(16-10-24)32(47)29(21-22-19-27(35(37,38)39)30(40)28(36)20-22)50-34(49)45-17-11-26(12-18-45)46-33(48)41-31(42-46)25-5-3-2-4-6-25/h2-6,19-20,23-24,26,29H,7-18,21,40H2,1H3,(H,41,42,48)/t29-/m1/s1. The molecule has 1 aromatic heterocycles. The third kappa shape index (κ3) is 8.12. The van der Waals surface area contributed by atoms with Crippen LogP contribution in [-0.2, 0) is 22.1 Å². The second-order valence-electron chi connectivity index (χ2n) is 13.7. The van der Waals surface area contributed by atoms with Gasteiger partial charge in [0, 0.05) is 38.2 Å². The fraction of sp³-hybridized carbons (Fsp3) is 0.543. The molecule has 0 aliphatic carbocycles. The van der Waals surface area contributed by atoms with Crippen molar-refractivity contribution in [3.63, 3.8) is 0 Å². The number of hydrogen-bond donors (Lipinski definition) is 2. The van der Waals surface area contributed by atoms with Crippen LogP contribution in [0.3, 0.4) is 0 Å². The first-order chi connectivity index (χ1) is 23.9. The van der Waals surface area contributed by atoms with E-state index in [1.165, 1.54) is 15.6 Å². The lowest BCUT2D eigenvalue weighted by atomic mass is 9.79. The zero-order valence-corrected chi connectivity index (χ0v) is 28.8. The molecule has 0 spiro atoms. The number of aromatic nitrogens is 3. The number of nitrogens with zero attached hydrogens (tertiary/aromatic N) is 5. The average Bonchev–Trinajstić information content (AvgIpc) is 3.50. The van der Waals surface area contributed by atoms with Gasteiger partial charge in [0.1, 0.15) is 0 Å². The van der Waals surface area contributed by atoms with Crippen molar-refractivity contribution in [3.8, 4) is 11.4 Å². The molecule has 3 saturated heterocycles. The Morgan fingerprint density at radius 2 is 1.56 bits per heavy atom. The number of nitrogen functional groups attached to an aromatic ring is 1. The maximum atomic E-state index is 14.0. The third-order valence-corrected chi connectivity index (χ3v) is 10.8. The number of aromatic amines is 1. The van der Waals surface area contributed by atoms with E-state index in [-0.39, 0.29) is 41.8 Å². The number of rotatable bonds is 7. The lowest BCUT2D eigenvalue weighted by molar-refractivity contribution is -0.142. The van der Waals surface area contributed by atoms with Crippen molar-refractivity contribution in [1.82, 2.24) is 29.5 Å². The first kappa shape index (κ1) is 35.8. The van der Waals surface area contributed by atoms with Crippen LogP contribution in [0.5, 0.6) is 0 Å². The Hall–Kier alpha value is -4.04. The Balaban J connectivity index is 1.14. The smallest absolute Gasteiger partial charge is 0.418 e. The van der Waals surface area contributed by atoms with Crippen LogP contribution in [0, 0.1) is 11.8 Å². The van der Waals surface area contributed by atoms with E-state index in [2.05, 4.69) is 22.0 Å². The molecule has 2 aromatic carbocycles. The van der Waals surface area contributed by atoms with Gasteiger partial charge >= 0.3 is 18.0 Å². The number of nitrogens with two attached hydrogens (primary N) is 1. The van der Waals surface area contributed by atoms with Crippen LogP contribution in [0.15, 0.2) is 47.3 Å². The number of likely N-dealkylation sites (tertiary alicyclic amines) is 3. The van der Waals surface area contributed by atoms with Gasteiger partial charge in [0.2, 0.25) is 0 Å². The Kier molecular flexibility index (Phi) is 10.8. The van der Waals surface area contributed by atoms with Crippen molar-refractivity contribution in [2.24, 2.45) is 11.8 Å². The highest BCUT2D eigenvalue weighted by molar-refractivity contribution is 6.33. The van der Waals surface area contributed by atoms with Crippen LogP contribution >= 0.6 is 11.6 Å². The molecule has 0 bridgehead atoms. The van der Waals surface area contributed by atoms with Gasteiger partial charge in [-0.3, -0.25) is 9.78 Å². The molecular formula is C35H43ClF3N7O4. The maximum Gasteiger partial charge on any atom is 0.418 e. The summed E-state index contributed by atoms with van der Waals surface area (Å²) in [5.74, 6) is 1.09. The molecule has 11 nitrogen and oxygen atoms in total. The highest BCUT2D eigenvalue weighted by Gasteiger charge is 2.38. The van der Waals surface area contributed by atoms with Gasteiger partial charge in [-0.25, -0.2) is 14.3 Å². The average molecular weight is 718 g/mol. The van der Waals surface area contributed by atoms with E-state index < -0.39 is 35.5 Å². The number of carbonyl (C=O) groups is 2. The topological polar surface area (TPSA) is 130 Å². The molecule has 270 valence electrons.